The zero-order valence-corrected chi connectivity index (χ0v) is 12.2. The zero-order chi connectivity index (χ0) is 14.9. The maximum atomic E-state index is 5.22. The van der Waals surface area contributed by atoms with E-state index < -0.39 is 0 Å². The summed E-state index contributed by atoms with van der Waals surface area (Å²) in [7, 11) is 1.68. The molecule has 0 spiro atoms. The van der Waals surface area contributed by atoms with Crippen molar-refractivity contribution in [1.29, 1.82) is 0 Å². The van der Waals surface area contributed by atoms with Crippen molar-refractivity contribution in [2.75, 3.05) is 30.8 Å². The summed E-state index contributed by atoms with van der Waals surface area (Å²) >= 11 is 0. The lowest BCUT2D eigenvalue weighted by atomic mass is 10.1. The van der Waals surface area contributed by atoms with Gasteiger partial charge in [0.25, 0.3) is 0 Å². The minimum Gasteiger partial charge on any atom is -0.497 e. The monoisotopic (exact) mass is 284 g/mol. The first-order valence-corrected chi connectivity index (χ1v) is 6.85. The van der Waals surface area contributed by atoms with Crippen molar-refractivity contribution < 1.29 is 4.74 Å². The van der Waals surface area contributed by atoms with E-state index in [9.17, 15) is 0 Å². The highest BCUT2D eigenvalue weighted by atomic mass is 16.5. The second-order valence-electron chi connectivity index (χ2n) is 4.49. The van der Waals surface area contributed by atoms with Crippen molar-refractivity contribution in [1.82, 2.24) is 9.97 Å². The van der Waals surface area contributed by atoms with Crippen LogP contribution in [-0.4, -0.2) is 30.2 Å². The topological polar surface area (TPSA) is 59.1 Å². The smallest absolute Gasteiger partial charge is 0.131 e. The van der Waals surface area contributed by atoms with E-state index >= 15 is 0 Å². The number of methoxy groups -OCH3 is 1. The normalized spacial score (nSPS) is 9.95. The Labute approximate surface area is 125 Å². The van der Waals surface area contributed by atoms with Gasteiger partial charge in [-0.05, 0) is 24.1 Å². The van der Waals surface area contributed by atoms with Crippen LogP contribution in [0.15, 0.2) is 49.3 Å². The number of hydrogen-bond acceptors (Lipinski definition) is 5. The first-order valence-electron chi connectivity index (χ1n) is 6.85. The quantitative estimate of drug-likeness (QED) is 0.730. The summed E-state index contributed by atoms with van der Waals surface area (Å²) in [5.41, 5.74) is 1.22. The molecule has 0 fully saturated rings. The molecule has 0 radical (unpaired) electrons. The number of benzene rings is 1. The standard InChI is InChI=1S/C16H20N4O/c1-3-8-17-15-11-16(20-12-19-15)18-9-7-13-5-4-6-14(10-13)21-2/h3-6,10-12H,1,7-9H2,2H3,(H2,17,18,19,20). The SMILES string of the molecule is C=CCNc1cc(NCCc2cccc(OC)c2)ncn1. The van der Waals surface area contributed by atoms with Crippen LogP contribution in [0.3, 0.4) is 0 Å². The van der Waals surface area contributed by atoms with Gasteiger partial charge in [-0.3, -0.25) is 0 Å². The van der Waals surface area contributed by atoms with Crippen LogP contribution in [0, 0.1) is 0 Å². The molecule has 5 heteroatoms. The molecule has 2 aromatic rings. The molecule has 0 unspecified atom stereocenters. The highest BCUT2D eigenvalue weighted by molar-refractivity contribution is 5.46. The predicted molar refractivity (Wildman–Crippen MR) is 85.9 cm³/mol. The molecule has 0 aliphatic carbocycles. The molecule has 0 aliphatic heterocycles. The molecular weight excluding hydrogens is 264 g/mol. The molecule has 21 heavy (non-hydrogen) atoms. The lowest BCUT2D eigenvalue weighted by Gasteiger charge is -2.08. The van der Waals surface area contributed by atoms with Crippen LogP contribution in [0.4, 0.5) is 11.6 Å². The Balaban J connectivity index is 1.86. The third kappa shape index (κ3) is 4.80. The van der Waals surface area contributed by atoms with E-state index in [1.54, 1.807) is 19.5 Å². The first-order chi connectivity index (χ1) is 10.3. The third-order valence-electron chi connectivity index (χ3n) is 2.95. The van der Waals surface area contributed by atoms with Crippen molar-refractivity contribution in [3.63, 3.8) is 0 Å². The fourth-order valence-electron chi connectivity index (χ4n) is 1.89. The Hall–Kier alpha value is -2.56. The lowest BCUT2D eigenvalue weighted by molar-refractivity contribution is 0.414. The van der Waals surface area contributed by atoms with Gasteiger partial charge in [-0.2, -0.15) is 0 Å². The second kappa shape index (κ2) is 7.89. The summed E-state index contributed by atoms with van der Waals surface area (Å²) < 4.78 is 5.22. The van der Waals surface area contributed by atoms with Gasteiger partial charge in [-0.1, -0.05) is 18.2 Å². The van der Waals surface area contributed by atoms with Gasteiger partial charge in [0.05, 0.1) is 7.11 Å². The Kier molecular flexibility index (Phi) is 5.58. The number of nitrogens with zero attached hydrogens (tertiary/aromatic N) is 2. The molecule has 2 rings (SSSR count). The summed E-state index contributed by atoms with van der Waals surface area (Å²) in [6, 6.07) is 9.95. The largest absolute Gasteiger partial charge is 0.497 e. The first kappa shape index (κ1) is 14.8. The Morgan fingerprint density at radius 3 is 2.76 bits per heavy atom. The van der Waals surface area contributed by atoms with E-state index in [4.69, 9.17) is 4.74 Å². The Morgan fingerprint density at radius 1 is 1.19 bits per heavy atom. The molecular formula is C16H20N4O. The van der Waals surface area contributed by atoms with E-state index in [0.29, 0.717) is 6.54 Å². The van der Waals surface area contributed by atoms with Crippen molar-refractivity contribution in [3.8, 4) is 5.75 Å². The highest BCUT2D eigenvalue weighted by Crippen LogP contribution is 2.13. The van der Waals surface area contributed by atoms with E-state index in [2.05, 4.69) is 33.2 Å². The van der Waals surface area contributed by atoms with Crippen LogP contribution in [-0.2, 0) is 6.42 Å². The van der Waals surface area contributed by atoms with Crippen LogP contribution in [0.5, 0.6) is 5.75 Å². The number of nitrogens with one attached hydrogen (secondary N) is 2. The van der Waals surface area contributed by atoms with Crippen LogP contribution in [0.2, 0.25) is 0 Å². The van der Waals surface area contributed by atoms with Crippen molar-refractivity contribution >= 4 is 11.6 Å². The highest BCUT2D eigenvalue weighted by Gasteiger charge is 1.99. The maximum absolute atomic E-state index is 5.22. The number of ether oxygens (including phenoxy) is 1. The third-order valence-corrected chi connectivity index (χ3v) is 2.95. The van der Waals surface area contributed by atoms with Gasteiger partial charge in [-0.25, -0.2) is 9.97 Å². The van der Waals surface area contributed by atoms with Crippen molar-refractivity contribution in [2.24, 2.45) is 0 Å². The van der Waals surface area contributed by atoms with Gasteiger partial charge < -0.3 is 15.4 Å². The number of aromatic nitrogens is 2. The molecule has 0 atom stereocenters. The fraction of sp³-hybridized carbons (Fsp3) is 0.250. The summed E-state index contributed by atoms with van der Waals surface area (Å²) in [4.78, 5) is 8.34. The molecule has 1 heterocycles. The number of rotatable bonds is 8. The van der Waals surface area contributed by atoms with Gasteiger partial charge in [0.2, 0.25) is 0 Å². The Morgan fingerprint density at radius 2 is 2.00 bits per heavy atom. The molecule has 1 aromatic heterocycles. The molecule has 0 bridgehead atoms. The van der Waals surface area contributed by atoms with Gasteiger partial charge in [-0.15, -0.1) is 6.58 Å². The fourth-order valence-corrected chi connectivity index (χ4v) is 1.89. The Bertz CT molecular complexity index is 586. The summed E-state index contributed by atoms with van der Waals surface area (Å²) in [6.45, 7) is 5.14. The molecule has 110 valence electrons. The van der Waals surface area contributed by atoms with Crippen molar-refractivity contribution in [2.45, 2.75) is 6.42 Å². The van der Waals surface area contributed by atoms with Crippen LogP contribution < -0.4 is 15.4 Å². The second-order valence-corrected chi connectivity index (χ2v) is 4.49. The van der Waals surface area contributed by atoms with Crippen LogP contribution in [0.1, 0.15) is 5.56 Å². The van der Waals surface area contributed by atoms with Crippen molar-refractivity contribution in [3.05, 3.63) is 54.9 Å². The molecule has 5 nitrogen and oxygen atoms in total. The van der Waals surface area contributed by atoms with E-state index in [0.717, 1.165) is 30.4 Å². The summed E-state index contributed by atoms with van der Waals surface area (Å²) in [6.07, 6.45) is 4.23. The van der Waals surface area contributed by atoms with E-state index in [1.165, 1.54) is 5.56 Å². The molecule has 0 saturated heterocycles. The average molecular weight is 284 g/mol. The van der Waals surface area contributed by atoms with Gasteiger partial charge in [0.1, 0.15) is 23.7 Å². The lowest BCUT2D eigenvalue weighted by Crippen LogP contribution is -2.08. The van der Waals surface area contributed by atoms with Gasteiger partial charge in [0.15, 0.2) is 0 Å². The predicted octanol–water partition coefficient (Wildman–Crippen LogP) is 2.74. The number of anilines is 2. The molecule has 0 saturated carbocycles. The average Bonchev–Trinajstić information content (AvgIpc) is 2.53. The minimum atomic E-state index is 0.681. The van der Waals surface area contributed by atoms with E-state index in [-0.39, 0.29) is 0 Å². The molecule has 2 N–H and O–H groups in total. The van der Waals surface area contributed by atoms with Gasteiger partial charge in [0, 0.05) is 19.2 Å². The summed E-state index contributed by atoms with van der Waals surface area (Å²) in [5, 5.41) is 6.42. The van der Waals surface area contributed by atoms with Crippen LogP contribution >= 0.6 is 0 Å². The maximum Gasteiger partial charge on any atom is 0.131 e. The molecule has 0 aliphatic rings. The van der Waals surface area contributed by atoms with Gasteiger partial charge >= 0.3 is 0 Å². The van der Waals surface area contributed by atoms with E-state index in [1.807, 2.05) is 24.3 Å². The molecule has 1 aromatic carbocycles. The van der Waals surface area contributed by atoms with Crippen LogP contribution in [0.25, 0.3) is 0 Å². The number of hydrogen-bond donors (Lipinski definition) is 2. The zero-order valence-electron chi connectivity index (χ0n) is 12.2. The summed E-state index contributed by atoms with van der Waals surface area (Å²) in [5.74, 6) is 2.47. The minimum absolute atomic E-state index is 0.681. The molecule has 0 amide bonds.